The molecule has 0 fully saturated rings. The number of benzene rings is 1. The van der Waals surface area contributed by atoms with Gasteiger partial charge in [-0.3, -0.25) is 4.68 Å². The zero-order valence-electron chi connectivity index (χ0n) is 8.70. The monoisotopic (exact) mass is 207 g/mol. The normalized spacial score (nSPS) is 11.1. The molecule has 0 amide bonds. The maximum atomic E-state index is 13.6. The quantitative estimate of drug-likeness (QED) is 0.832. The van der Waals surface area contributed by atoms with Gasteiger partial charge in [0.25, 0.3) is 0 Å². The fraction of sp³-hybridized carbons (Fsp3) is 0.364. The van der Waals surface area contributed by atoms with E-state index in [0.29, 0.717) is 23.9 Å². The van der Waals surface area contributed by atoms with Crippen LogP contribution in [0.5, 0.6) is 0 Å². The van der Waals surface area contributed by atoms with Gasteiger partial charge in [-0.15, -0.1) is 0 Å². The van der Waals surface area contributed by atoms with Crippen LogP contribution in [0.25, 0.3) is 10.9 Å². The van der Waals surface area contributed by atoms with Crippen molar-refractivity contribution in [3.63, 3.8) is 0 Å². The van der Waals surface area contributed by atoms with Crippen molar-refractivity contribution in [2.24, 2.45) is 5.73 Å². The number of fused-ring (bicyclic) bond motifs is 1. The van der Waals surface area contributed by atoms with Gasteiger partial charge in [0.2, 0.25) is 0 Å². The lowest BCUT2D eigenvalue weighted by atomic mass is 10.1. The van der Waals surface area contributed by atoms with Gasteiger partial charge in [0, 0.05) is 13.0 Å². The lowest BCUT2D eigenvalue weighted by molar-refractivity contribution is 0.619. The highest BCUT2D eigenvalue weighted by Crippen LogP contribution is 2.21. The van der Waals surface area contributed by atoms with E-state index in [4.69, 9.17) is 5.73 Å². The zero-order chi connectivity index (χ0) is 10.8. The standard InChI is InChI=1S/C11H14FN3/c1-2-15-10(6-7-13)11-8(12)4-3-5-9(11)14-15/h3-5H,2,6-7,13H2,1H3. The summed E-state index contributed by atoms with van der Waals surface area (Å²) in [5.41, 5.74) is 7.13. The van der Waals surface area contributed by atoms with Crippen molar-refractivity contribution in [3.05, 3.63) is 29.7 Å². The van der Waals surface area contributed by atoms with Gasteiger partial charge in [-0.05, 0) is 25.6 Å². The summed E-state index contributed by atoms with van der Waals surface area (Å²) in [6.45, 7) is 3.24. The molecule has 0 radical (unpaired) electrons. The van der Waals surface area contributed by atoms with Crippen LogP contribution in [0, 0.1) is 5.82 Å². The first kappa shape index (κ1) is 10.1. The molecule has 4 heteroatoms. The molecule has 3 nitrogen and oxygen atoms in total. The van der Waals surface area contributed by atoms with Crippen LogP contribution < -0.4 is 5.73 Å². The zero-order valence-corrected chi connectivity index (χ0v) is 8.70. The molecule has 0 aliphatic carbocycles. The summed E-state index contributed by atoms with van der Waals surface area (Å²) in [4.78, 5) is 0. The minimum atomic E-state index is -0.212. The second-order valence-electron chi connectivity index (χ2n) is 3.44. The SMILES string of the molecule is CCn1nc2cccc(F)c2c1CCN. The molecule has 2 N–H and O–H groups in total. The highest BCUT2D eigenvalue weighted by Gasteiger charge is 2.12. The maximum absolute atomic E-state index is 13.6. The van der Waals surface area contributed by atoms with E-state index in [1.807, 2.05) is 17.7 Å². The van der Waals surface area contributed by atoms with E-state index in [2.05, 4.69) is 5.10 Å². The van der Waals surface area contributed by atoms with Gasteiger partial charge in [-0.1, -0.05) is 6.07 Å². The molecule has 1 aromatic heterocycles. The first-order valence-electron chi connectivity index (χ1n) is 5.12. The third kappa shape index (κ3) is 1.61. The van der Waals surface area contributed by atoms with Crippen molar-refractivity contribution in [2.45, 2.75) is 19.9 Å². The molecule has 0 aliphatic heterocycles. The lowest BCUT2D eigenvalue weighted by Gasteiger charge is -2.03. The molecule has 0 saturated heterocycles. The summed E-state index contributed by atoms with van der Waals surface area (Å²) >= 11 is 0. The Hall–Kier alpha value is -1.42. The summed E-state index contributed by atoms with van der Waals surface area (Å²) in [5, 5.41) is 4.95. The van der Waals surface area contributed by atoms with E-state index >= 15 is 0 Å². The molecule has 0 atom stereocenters. The summed E-state index contributed by atoms with van der Waals surface area (Å²) in [5.74, 6) is -0.212. The molecule has 15 heavy (non-hydrogen) atoms. The molecule has 2 rings (SSSR count). The minimum Gasteiger partial charge on any atom is -0.330 e. The molecule has 0 saturated carbocycles. The highest BCUT2D eigenvalue weighted by molar-refractivity contribution is 5.82. The van der Waals surface area contributed by atoms with E-state index in [0.717, 1.165) is 12.2 Å². The summed E-state index contributed by atoms with van der Waals surface area (Å²) in [7, 11) is 0. The van der Waals surface area contributed by atoms with Crippen LogP contribution in [-0.4, -0.2) is 16.3 Å². The number of halogens is 1. The van der Waals surface area contributed by atoms with Crippen molar-refractivity contribution in [1.29, 1.82) is 0 Å². The summed E-state index contributed by atoms with van der Waals surface area (Å²) in [6, 6.07) is 4.96. The molecule has 0 aliphatic rings. The topological polar surface area (TPSA) is 43.8 Å². The predicted molar refractivity (Wildman–Crippen MR) is 58.1 cm³/mol. The number of nitrogens with two attached hydrogens (primary N) is 1. The van der Waals surface area contributed by atoms with Crippen molar-refractivity contribution < 1.29 is 4.39 Å². The van der Waals surface area contributed by atoms with Gasteiger partial charge in [-0.2, -0.15) is 5.10 Å². The van der Waals surface area contributed by atoms with Crippen molar-refractivity contribution in [1.82, 2.24) is 9.78 Å². The Bertz CT molecular complexity index is 476. The van der Waals surface area contributed by atoms with Crippen LogP contribution in [0.1, 0.15) is 12.6 Å². The van der Waals surface area contributed by atoms with Crippen LogP contribution in [-0.2, 0) is 13.0 Å². The van der Waals surface area contributed by atoms with Gasteiger partial charge >= 0.3 is 0 Å². The van der Waals surface area contributed by atoms with Gasteiger partial charge in [0.1, 0.15) is 5.82 Å². The largest absolute Gasteiger partial charge is 0.330 e. The maximum Gasteiger partial charge on any atom is 0.134 e. The van der Waals surface area contributed by atoms with Crippen LogP contribution >= 0.6 is 0 Å². The van der Waals surface area contributed by atoms with E-state index in [1.165, 1.54) is 6.07 Å². The Morgan fingerprint density at radius 1 is 1.47 bits per heavy atom. The highest BCUT2D eigenvalue weighted by atomic mass is 19.1. The molecule has 80 valence electrons. The molecule has 0 spiro atoms. The van der Waals surface area contributed by atoms with Crippen LogP contribution in [0.3, 0.4) is 0 Å². The van der Waals surface area contributed by atoms with Crippen molar-refractivity contribution in [3.8, 4) is 0 Å². The Balaban J connectivity index is 2.70. The van der Waals surface area contributed by atoms with Gasteiger partial charge in [0.15, 0.2) is 0 Å². The number of nitrogens with zero attached hydrogens (tertiary/aromatic N) is 2. The molecule has 2 aromatic rings. The Morgan fingerprint density at radius 3 is 2.93 bits per heavy atom. The van der Waals surface area contributed by atoms with Gasteiger partial charge in [-0.25, -0.2) is 4.39 Å². The molecular formula is C11H14FN3. The first-order valence-corrected chi connectivity index (χ1v) is 5.12. The van der Waals surface area contributed by atoms with Crippen LogP contribution in [0.2, 0.25) is 0 Å². The van der Waals surface area contributed by atoms with Crippen LogP contribution in [0.4, 0.5) is 4.39 Å². The number of rotatable bonds is 3. The summed E-state index contributed by atoms with van der Waals surface area (Å²) < 4.78 is 15.4. The molecule has 0 unspecified atom stereocenters. The molecule has 1 aromatic carbocycles. The lowest BCUT2D eigenvalue weighted by Crippen LogP contribution is -2.09. The van der Waals surface area contributed by atoms with Gasteiger partial charge in [0.05, 0.1) is 16.6 Å². The van der Waals surface area contributed by atoms with E-state index < -0.39 is 0 Å². The minimum absolute atomic E-state index is 0.212. The number of hydrogen-bond donors (Lipinski definition) is 1. The smallest absolute Gasteiger partial charge is 0.134 e. The van der Waals surface area contributed by atoms with Gasteiger partial charge < -0.3 is 5.73 Å². The molecule has 1 heterocycles. The second-order valence-corrected chi connectivity index (χ2v) is 3.44. The second kappa shape index (κ2) is 3.98. The Morgan fingerprint density at radius 2 is 2.27 bits per heavy atom. The summed E-state index contributed by atoms with van der Waals surface area (Å²) in [6.07, 6.45) is 0.658. The van der Waals surface area contributed by atoms with E-state index in [1.54, 1.807) is 6.07 Å². The van der Waals surface area contributed by atoms with Crippen molar-refractivity contribution in [2.75, 3.05) is 6.54 Å². The third-order valence-electron chi connectivity index (χ3n) is 2.50. The van der Waals surface area contributed by atoms with E-state index in [9.17, 15) is 4.39 Å². The number of hydrogen-bond acceptors (Lipinski definition) is 2. The van der Waals surface area contributed by atoms with Crippen LogP contribution in [0.15, 0.2) is 18.2 Å². The van der Waals surface area contributed by atoms with E-state index in [-0.39, 0.29) is 5.82 Å². The molecule has 0 bridgehead atoms. The Labute approximate surface area is 87.7 Å². The Kier molecular flexibility index (Phi) is 2.68. The average molecular weight is 207 g/mol. The first-order chi connectivity index (χ1) is 7.27. The number of aryl methyl sites for hydroxylation is 1. The fourth-order valence-electron chi connectivity index (χ4n) is 1.85. The third-order valence-corrected chi connectivity index (χ3v) is 2.50. The molecular weight excluding hydrogens is 193 g/mol. The number of aromatic nitrogens is 2. The van der Waals surface area contributed by atoms with Crippen molar-refractivity contribution >= 4 is 10.9 Å². The predicted octanol–water partition coefficient (Wildman–Crippen LogP) is 1.70. The fourth-order valence-corrected chi connectivity index (χ4v) is 1.85. The average Bonchev–Trinajstić information content (AvgIpc) is 2.58.